The van der Waals surface area contributed by atoms with Crippen LogP contribution in [0.2, 0.25) is 0 Å². The minimum atomic E-state index is 0. The van der Waals surface area contributed by atoms with Crippen LogP contribution in [-0.4, -0.2) is 27.3 Å². The summed E-state index contributed by atoms with van der Waals surface area (Å²) in [6, 6.07) is 0. The van der Waals surface area contributed by atoms with Crippen molar-refractivity contribution < 1.29 is 52.5 Å². The summed E-state index contributed by atoms with van der Waals surface area (Å²) in [4.78, 5) is 0. The van der Waals surface area contributed by atoms with Gasteiger partial charge in [0.2, 0.25) is 0 Å². The first-order valence-electron chi connectivity index (χ1n) is 0. The van der Waals surface area contributed by atoms with Gasteiger partial charge in [0.05, 0.1) is 0 Å². The van der Waals surface area contributed by atoms with Gasteiger partial charge < -0.3 is 24.8 Å². The SMILES string of the molecule is [Cl-].[Cl-].[Hg+2].[Pb]. The van der Waals surface area contributed by atoms with Crippen molar-refractivity contribution in [2.75, 3.05) is 0 Å². The average Bonchev–Trinajstić information content (AvgIpc) is 0. The predicted octanol–water partition coefficient (Wildman–Crippen LogP) is -6.38. The Bertz CT molecular complexity index is 6.00. The smallest absolute Gasteiger partial charge is 1.00 e. The summed E-state index contributed by atoms with van der Waals surface area (Å²) in [5, 5.41) is 0. The van der Waals surface area contributed by atoms with Crippen molar-refractivity contribution in [3.05, 3.63) is 0 Å². The van der Waals surface area contributed by atoms with Gasteiger partial charge in [-0.05, 0) is 0 Å². The van der Waals surface area contributed by atoms with Crippen LogP contribution < -0.4 is 24.8 Å². The number of halogens is 2. The molecule has 4 radical (unpaired) electrons. The van der Waals surface area contributed by atoms with Crippen LogP contribution in [0.3, 0.4) is 0 Å². The second kappa shape index (κ2) is 18.0. The maximum Gasteiger partial charge on any atom is 2.00 e. The molecule has 20 valence electrons. The Kier molecular flexibility index (Phi) is 144. The van der Waals surface area contributed by atoms with E-state index in [1.807, 2.05) is 0 Å². The first-order valence-corrected chi connectivity index (χ1v) is 0. The molecule has 0 fully saturated rings. The van der Waals surface area contributed by atoms with E-state index >= 15 is 0 Å². The zero-order valence-electron chi connectivity index (χ0n) is 1.96. The fourth-order valence-corrected chi connectivity index (χ4v) is 0. The molecular weight excluding hydrogens is 479 g/mol. The van der Waals surface area contributed by atoms with Crippen LogP contribution in [0.4, 0.5) is 0 Å². The molecule has 0 aromatic heterocycles. The van der Waals surface area contributed by atoms with Crippen molar-refractivity contribution in [1.29, 1.82) is 0 Å². The number of rotatable bonds is 0. The van der Waals surface area contributed by atoms with E-state index in [4.69, 9.17) is 0 Å². The fraction of sp³-hybridized carbons (Fsp3) is 0. The first-order chi connectivity index (χ1) is 0. The van der Waals surface area contributed by atoms with Gasteiger partial charge in [-0.1, -0.05) is 0 Å². The molecule has 0 saturated heterocycles. The van der Waals surface area contributed by atoms with Crippen molar-refractivity contribution in [2.45, 2.75) is 0 Å². The third kappa shape index (κ3) is 8.83. The summed E-state index contributed by atoms with van der Waals surface area (Å²) < 4.78 is 0. The third-order valence-corrected chi connectivity index (χ3v) is 0. The molecule has 4 heavy (non-hydrogen) atoms. The van der Waals surface area contributed by atoms with Gasteiger partial charge in [0.25, 0.3) is 0 Å². The Morgan fingerprint density at radius 1 is 0.750 bits per heavy atom. The Balaban J connectivity index is 0. The molecule has 0 bridgehead atoms. The average molecular weight is 479 g/mol. The van der Waals surface area contributed by atoms with Crippen LogP contribution in [0, 0.1) is 0 Å². The van der Waals surface area contributed by atoms with E-state index in [2.05, 4.69) is 0 Å². The maximum atomic E-state index is 0. The molecule has 0 aromatic carbocycles. The van der Waals surface area contributed by atoms with Gasteiger partial charge in [0, 0.05) is 27.3 Å². The molecule has 0 atom stereocenters. The van der Waals surface area contributed by atoms with Gasteiger partial charge in [-0.2, -0.15) is 0 Å². The molecule has 0 saturated carbocycles. The molecule has 0 spiro atoms. The summed E-state index contributed by atoms with van der Waals surface area (Å²) >= 11 is 0. The van der Waals surface area contributed by atoms with E-state index in [1.54, 1.807) is 0 Å². The normalized spacial score (nSPS) is 0. The van der Waals surface area contributed by atoms with Gasteiger partial charge in [0.1, 0.15) is 0 Å². The minimum absolute atomic E-state index is 0. The van der Waals surface area contributed by atoms with Crippen molar-refractivity contribution >= 4 is 27.3 Å². The Hall–Kier alpha value is 2.44. The number of hydrogen-bond acceptors (Lipinski definition) is 0. The second-order valence-corrected chi connectivity index (χ2v) is 0. The van der Waals surface area contributed by atoms with Crippen LogP contribution >= 0.6 is 0 Å². The summed E-state index contributed by atoms with van der Waals surface area (Å²) in [6.07, 6.45) is 0. The zero-order valence-corrected chi connectivity index (χ0v) is 12.9. The van der Waals surface area contributed by atoms with Crippen molar-refractivity contribution in [2.24, 2.45) is 0 Å². The largest absolute Gasteiger partial charge is 2.00 e. The second-order valence-electron chi connectivity index (χ2n) is 0. The molecule has 0 amide bonds. The fourth-order valence-electron chi connectivity index (χ4n) is 0. The van der Waals surface area contributed by atoms with Gasteiger partial charge in [0.15, 0.2) is 0 Å². The van der Waals surface area contributed by atoms with Gasteiger partial charge in [-0.25, -0.2) is 0 Å². The van der Waals surface area contributed by atoms with E-state index in [-0.39, 0.29) is 79.8 Å². The standard InChI is InChI=1S/2ClH.Hg.Pb/h2*1H;;/q;;+2;/p-2. The quantitative estimate of drug-likeness (QED) is 0.304. The summed E-state index contributed by atoms with van der Waals surface area (Å²) in [6.45, 7) is 0. The van der Waals surface area contributed by atoms with E-state index < -0.39 is 0 Å². The molecule has 0 aliphatic rings. The molecule has 0 unspecified atom stereocenters. The van der Waals surface area contributed by atoms with Crippen LogP contribution in [0.25, 0.3) is 0 Å². The Morgan fingerprint density at radius 3 is 0.750 bits per heavy atom. The molecule has 0 aliphatic carbocycles. The van der Waals surface area contributed by atoms with Crippen molar-refractivity contribution in [3.63, 3.8) is 0 Å². The predicted molar refractivity (Wildman–Crippen MR) is 5.75 cm³/mol. The first kappa shape index (κ1) is 32.0. The van der Waals surface area contributed by atoms with E-state index in [1.165, 1.54) is 0 Å². The van der Waals surface area contributed by atoms with Gasteiger partial charge >= 0.3 is 27.7 Å². The van der Waals surface area contributed by atoms with Crippen molar-refractivity contribution in [1.82, 2.24) is 0 Å². The van der Waals surface area contributed by atoms with Crippen LogP contribution in [0.1, 0.15) is 0 Å². The molecule has 0 nitrogen and oxygen atoms in total. The molecule has 0 aromatic rings. The van der Waals surface area contributed by atoms with E-state index in [0.29, 0.717) is 0 Å². The van der Waals surface area contributed by atoms with Crippen LogP contribution in [0.15, 0.2) is 0 Å². The summed E-state index contributed by atoms with van der Waals surface area (Å²) in [5.41, 5.74) is 0. The molecule has 0 heterocycles. The van der Waals surface area contributed by atoms with Gasteiger partial charge in [-0.3, -0.25) is 0 Å². The molecule has 0 aliphatic heterocycles. The summed E-state index contributed by atoms with van der Waals surface area (Å²) in [7, 11) is 0. The minimum Gasteiger partial charge on any atom is -1.00 e. The summed E-state index contributed by atoms with van der Waals surface area (Å²) in [5.74, 6) is 0. The van der Waals surface area contributed by atoms with Crippen LogP contribution in [-0.2, 0) is 27.7 Å². The monoisotopic (exact) mass is 480 g/mol. The number of hydrogen-bond donors (Lipinski definition) is 0. The Labute approximate surface area is 78.6 Å². The molecular formula is Cl2HgPb. The van der Waals surface area contributed by atoms with E-state index in [0.717, 1.165) is 0 Å². The van der Waals surface area contributed by atoms with E-state index in [9.17, 15) is 0 Å². The zero-order chi connectivity index (χ0) is 0. The third-order valence-electron chi connectivity index (χ3n) is 0. The van der Waals surface area contributed by atoms with Crippen LogP contribution in [0.5, 0.6) is 0 Å². The topological polar surface area (TPSA) is 0 Å². The molecule has 0 N–H and O–H groups in total. The maximum absolute atomic E-state index is 0. The molecule has 0 rings (SSSR count). The molecule has 4 heteroatoms. The Morgan fingerprint density at radius 2 is 0.750 bits per heavy atom. The van der Waals surface area contributed by atoms with Gasteiger partial charge in [-0.15, -0.1) is 0 Å². The van der Waals surface area contributed by atoms with Crippen molar-refractivity contribution in [3.8, 4) is 0 Å².